The van der Waals surface area contributed by atoms with E-state index in [9.17, 15) is 0 Å². The van der Waals surface area contributed by atoms with E-state index in [-0.39, 0.29) is 6.04 Å². The van der Waals surface area contributed by atoms with Crippen molar-refractivity contribution < 1.29 is 0 Å². The van der Waals surface area contributed by atoms with Crippen molar-refractivity contribution in [2.75, 3.05) is 5.32 Å². The van der Waals surface area contributed by atoms with Crippen LogP contribution in [0.4, 0.5) is 5.69 Å². The zero-order valence-corrected chi connectivity index (χ0v) is 9.22. The van der Waals surface area contributed by atoms with Crippen LogP contribution in [-0.2, 0) is 0 Å². The molecule has 3 heteroatoms. The van der Waals surface area contributed by atoms with Gasteiger partial charge < -0.3 is 5.32 Å². The average molecular weight is 239 g/mol. The molecule has 0 aromatic heterocycles. The summed E-state index contributed by atoms with van der Waals surface area (Å²) in [5, 5.41) is 11.7. The van der Waals surface area contributed by atoms with Crippen LogP contribution in [0.1, 0.15) is 12.5 Å². The first-order chi connectivity index (χ1) is 6.13. The number of nitriles is 1. The van der Waals surface area contributed by atoms with E-state index in [1.807, 2.05) is 32.0 Å². The number of anilines is 1. The van der Waals surface area contributed by atoms with Gasteiger partial charge in [0.15, 0.2) is 0 Å². The molecule has 0 saturated carbocycles. The summed E-state index contributed by atoms with van der Waals surface area (Å²) in [7, 11) is 0. The van der Waals surface area contributed by atoms with Crippen molar-refractivity contribution in [1.29, 1.82) is 5.26 Å². The van der Waals surface area contributed by atoms with Crippen molar-refractivity contribution in [2.24, 2.45) is 0 Å². The van der Waals surface area contributed by atoms with Gasteiger partial charge in [-0.25, -0.2) is 0 Å². The number of nitrogens with zero attached hydrogens (tertiary/aromatic N) is 1. The number of halogens is 1. The summed E-state index contributed by atoms with van der Waals surface area (Å²) < 4.78 is 1.09. The van der Waals surface area contributed by atoms with Crippen LogP contribution in [0.25, 0.3) is 0 Å². The smallest absolute Gasteiger partial charge is 0.111 e. The summed E-state index contributed by atoms with van der Waals surface area (Å²) in [4.78, 5) is 0. The fraction of sp³-hybridized carbons (Fsp3) is 0.300. The Morgan fingerprint density at radius 2 is 2.23 bits per heavy atom. The molecule has 0 heterocycles. The highest BCUT2D eigenvalue weighted by Gasteiger charge is 2.00. The summed E-state index contributed by atoms with van der Waals surface area (Å²) in [5.74, 6) is 0. The molecular formula is C10H11BrN2. The van der Waals surface area contributed by atoms with Crippen molar-refractivity contribution in [2.45, 2.75) is 19.9 Å². The second-order valence-corrected chi connectivity index (χ2v) is 3.81. The van der Waals surface area contributed by atoms with E-state index in [0.29, 0.717) is 0 Å². The van der Waals surface area contributed by atoms with E-state index in [1.54, 1.807) is 0 Å². The minimum Gasteiger partial charge on any atom is -0.370 e. The van der Waals surface area contributed by atoms with Crippen LogP contribution in [-0.4, -0.2) is 6.04 Å². The number of rotatable bonds is 2. The van der Waals surface area contributed by atoms with Gasteiger partial charge in [-0.3, -0.25) is 0 Å². The first kappa shape index (κ1) is 10.1. The Balaban J connectivity index is 2.81. The number of benzene rings is 1. The highest BCUT2D eigenvalue weighted by atomic mass is 79.9. The van der Waals surface area contributed by atoms with Crippen molar-refractivity contribution in [1.82, 2.24) is 0 Å². The molecule has 0 aliphatic heterocycles. The lowest BCUT2D eigenvalue weighted by Gasteiger charge is -2.08. The van der Waals surface area contributed by atoms with Gasteiger partial charge in [0.2, 0.25) is 0 Å². The number of hydrogen-bond donors (Lipinski definition) is 1. The number of hydrogen-bond acceptors (Lipinski definition) is 2. The van der Waals surface area contributed by atoms with Crippen LogP contribution in [0.15, 0.2) is 22.7 Å². The fourth-order valence-corrected chi connectivity index (χ4v) is 1.26. The molecule has 1 aromatic carbocycles. The fourth-order valence-electron chi connectivity index (χ4n) is 1.02. The van der Waals surface area contributed by atoms with Crippen molar-refractivity contribution in [3.8, 4) is 6.07 Å². The highest BCUT2D eigenvalue weighted by molar-refractivity contribution is 9.10. The molecule has 1 aromatic rings. The minimum absolute atomic E-state index is 0.152. The summed E-state index contributed by atoms with van der Waals surface area (Å²) in [6.45, 7) is 3.85. The quantitative estimate of drug-likeness (QED) is 0.860. The Morgan fingerprint density at radius 1 is 1.54 bits per heavy atom. The summed E-state index contributed by atoms with van der Waals surface area (Å²) in [6, 6.07) is 7.91. The third kappa shape index (κ3) is 2.74. The second-order valence-electron chi connectivity index (χ2n) is 2.96. The van der Waals surface area contributed by atoms with E-state index >= 15 is 0 Å². The molecule has 0 saturated heterocycles. The summed E-state index contributed by atoms with van der Waals surface area (Å²) >= 11 is 3.42. The second kappa shape index (κ2) is 4.29. The lowest BCUT2D eigenvalue weighted by atomic mass is 10.2. The lowest BCUT2D eigenvalue weighted by molar-refractivity contribution is 1.01. The zero-order valence-electron chi connectivity index (χ0n) is 7.63. The number of aryl methyl sites for hydroxylation is 1. The summed E-state index contributed by atoms with van der Waals surface area (Å²) in [5.41, 5.74) is 2.14. The van der Waals surface area contributed by atoms with Crippen molar-refractivity contribution >= 4 is 21.6 Å². The molecule has 13 heavy (non-hydrogen) atoms. The molecular weight excluding hydrogens is 228 g/mol. The molecule has 68 valence electrons. The predicted molar refractivity (Wildman–Crippen MR) is 57.6 cm³/mol. The molecule has 0 fully saturated rings. The van der Waals surface area contributed by atoms with Crippen LogP contribution in [0.2, 0.25) is 0 Å². The van der Waals surface area contributed by atoms with Crippen molar-refractivity contribution in [3.05, 3.63) is 28.2 Å². The maximum Gasteiger partial charge on any atom is 0.111 e. The van der Waals surface area contributed by atoms with Gasteiger partial charge in [0.05, 0.1) is 6.07 Å². The normalized spacial score (nSPS) is 11.8. The molecule has 2 nitrogen and oxygen atoms in total. The monoisotopic (exact) mass is 238 g/mol. The molecule has 1 rings (SSSR count). The van der Waals surface area contributed by atoms with Gasteiger partial charge in [-0.05, 0) is 37.6 Å². The Hall–Kier alpha value is -1.01. The first-order valence-electron chi connectivity index (χ1n) is 4.06. The molecule has 0 aliphatic carbocycles. The van der Waals surface area contributed by atoms with Gasteiger partial charge in [-0.15, -0.1) is 0 Å². The maximum absolute atomic E-state index is 8.60. The Kier molecular flexibility index (Phi) is 3.32. The Morgan fingerprint density at radius 3 is 2.77 bits per heavy atom. The van der Waals surface area contributed by atoms with E-state index in [4.69, 9.17) is 5.26 Å². The zero-order chi connectivity index (χ0) is 9.84. The number of nitrogens with one attached hydrogen (secondary N) is 1. The van der Waals surface area contributed by atoms with E-state index in [1.165, 1.54) is 0 Å². The highest BCUT2D eigenvalue weighted by Crippen LogP contribution is 2.20. The molecule has 0 amide bonds. The Labute approximate surface area is 86.7 Å². The standard InChI is InChI=1S/C10H11BrN2/c1-7-5-9(3-4-10(7)11)13-8(2)6-12/h3-5,8,13H,1-2H3. The molecule has 0 bridgehead atoms. The molecule has 0 spiro atoms. The Bertz CT molecular complexity index is 341. The van der Waals surface area contributed by atoms with Crippen LogP contribution in [0.5, 0.6) is 0 Å². The topological polar surface area (TPSA) is 35.8 Å². The van der Waals surface area contributed by atoms with E-state index in [2.05, 4.69) is 27.3 Å². The van der Waals surface area contributed by atoms with Gasteiger partial charge >= 0.3 is 0 Å². The largest absolute Gasteiger partial charge is 0.370 e. The molecule has 0 radical (unpaired) electrons. The van der Waals surface area contributed by atoms with Gasteiger partial charge in [0.1, 0.15) is 6.04 Å². The third-order valence-electron chi connectivity index (χ3n) is 1.73. The van der Waals surface area contributed by atoms with Gasteiger partial charge in [0.25, 0.3) is 0 Å². The molecule has 1 atom stereocenters. The van der Waals surface area contributed by atoms with Crippen LogP contribution >= 0.6 is 15.9 Å². The van der Waals surface area contributed by atoms with E-state index < -0.39 is 0 Å². The summed E-state index contributed by atoms with van der Waals surface area (Å²) in [6.07, 6.45) is 0. The molecule has 0 aliphatic rings. The van der Waals surface area contributed by atoms with E-state index in [0.717, 1.165) is 15.7 Å². The minimum atomic E-state index is -0.152. The average Bonchev–Trinajstić information content (AvgIpc) is 2.11. The lowest BCUT2D eigenvalue weighted by Crippen LogP contribution is -2.11. The van der Waals surface area contributed by atoms with Gasteiger partial charge in [-0.1, -0.05) is 15.9 Å². The van der Waals surface area contributed by atoms with Gasteiger partial charge in [0, 0.05) is 10.2 Å². The van der Waals surface area contributed by atoms with Crippen LogP contribution in [0, 0.1) is 18.3 Å². The SMILES string of the molecule is Cc1cc(NC(C)C#N)ccc1Br. The van der Waals surface area contributed by atoms with Gasteiger partial charge in [-0.2, -0.15) is 5.26 Å². The predicted octanol–water partition coefficient (Wildman–Crippen LogP) is 3.08. The van der Waals surface area contributed by atoms with Crippen LogP contribution < -0.4 is 5.32 Å². The maximum atomic E-state index is 8.60. The van der Waals surface area contributed by atoms with Crippen LogP contribution in [0.3, 0.4) is 0 Å². The molecule has 1 N–H and O–H groups in total. The molecule has 1 unspecified atom stereocenters. The van der Waals surface area contributed by atoms with Crippen molar-refractivity contribution in [3.63, 3.8) is 0 Å². The first-order valence-corrected chi connectivity index (χ1v) is 4.85. The third-order valence-corrected chi connectivity index (χ3v) is 2.62.